The predicted molar refractivity (Wildman–Crippen MR) is 105 cm³/mol. The Balaban J connectivity index is 2.01. The number of hydrogen-bond acceptors (Lipinski definition) is 2. The SMILES string of the molecule is C=C/C=C\C=C(/C)CN(C[C@H](N)Cc1c[nH]c2ccccc12)C(C)=O. The number of nitrogens with one attached hydrogen (secondary N) is 1. The number of benzene rings is 1. The standard InChI is InChI=1S/C21H27N3O/c1-4-5-6-9-16(2)14-24(17(3)25)15-19(22)12-18-13-23-21-11-8-7-10-20(18)21/h4-11,13,19,23H,1,12,14-15,22H2,2-3H3/b6-5-,16-9+/t19-/m1/s1. The number of amides is 1. The third-order valence-electron chi connectivity index (χ3n) is 4.13. The molecule has 4 nitrogen and oxygen atoms in total. The van der Waals surface area contributed by atoms with E-state index < -0.39 is 0 Å². The zero-order chi connectivity index (χ0) is 18.2. The number of allylic oxidation sites excluding steroid dienone is 4. The van der Waals surface area contributed by atoms with Gasteiger partial charge in [0.05, 0.1) is 0 Å². The van der Waals surface area contributed by atoms with Crippen molar-refractivity contribution < 1.29 is 4.79 Å². The molecule has 0 bridgehead atoms. The highest BCUT2D eigenvalue weighted by Crippen LogP contribution is 2.19. The van der Waals surface area contributed by atoms with Crippen molar-refractivity contribution in [2.75, 3.05) is 13.1 Å². The number of aromatic nitrogens is 1. The van der Waals surface area contributed by atoms with Gasteiger partial charge in [-0.1, -0.05) is 54.7 Å². The number of H-pyrrole nitrogens is 1. The van der Waals surface area contributed by atoms with Crippen LogP contribution in [0.3, 0.4) is 0 Å². The van der Waals surface area contributed by atoms with E-state index in [0.717, 1.165) is 17.5 Å². The molecule has 25 heavy (non-hydrogen) atoms. The molecule has 0 radical (unpaired) electrons. The van der Waals surface area contributed by atoms with E-state index in [9.17, 15) is 4.79 Å². The summed E-state index contributed by atoms with van der Waals surface area (Å²) in [6, 6.07) is 8.07. The van der Waals surface area contributed by atoms with Crippen molar-refractivity contribution in [3.8, 4) is 0 Å². The first-order chi connectivity index (χ1) is 12.0. The summed E-state index contributed by atoms with van der Waals surface area (Å²) >= 11 is 0. The van der Waals surface area contributed by atoms with E-state index in [2.05, 4.69) is 23.7 Å². The molecular formula is C21H27N3O. The molecule has 0 aliphatic rings. The lowest BCUT2D eigenvalue weighted by atomic mass is 10.0. The Morgan fingerprint density at radius 3 is 2.80 bits per heavy atom. The Hall–Kier alpha value is -2.59. The van der Waals surface area contributed by atoms with Crippen LogP contribution in [0.4, 0.5) is 0 Å². The molecular weight excluding hydrogens is 310 g/mol. The number of fused-ring (bicyclic) bond motifs is 1. The molecule has 1 aromatic heterocycles. The van der Waals surface area contributed by atoms with Crippen molar-refractivity contribution in [2.45, 2.75) is 26.3 Å². The van der Waals surface area contributed by atoms with Gasteiger partial charge < -0.3 is 15.6 Å². The second kappa shape index (κ2) is 9.04. The molecule has 0 unspecified atom stereocenters. The zero-order valence-corrected chi connectivity index (χ0v) is 15.0. The average Bonchev–Trinajstić information content (AvgIpc) is 2.97. The molecule has 2 aromatic rings. The van der Waals surface area contributed by atoms with Crippen molar-refractivity contribution in [3.63, 3.8) is 0 Å². The highest BCUT2D eigenvalue weighted by Gasteiger charge is 2.15. The number of nitrogens with two attached hydrogens (primary N) is 1. The van der Waals surface area contributed by atoms with E-state index in [0.29, 0.717) is 13.1 Å². The highest BCUT2D eigenvalue weighted by atomic mass is 16.2. The molecule has 132 valence electrons. The molecule has 4 heteroatoms. The maximum Gasteiger partial charge on any atom is 0.219 e. The van der Waals surface area contributed by atoms with Gasteiger partial charge >= 0.3 is 0 Å². The van der Waals surface area contributed by atoms with Crippen LogP contribution in [0.2, 0.25) is 0 Å². The summed E-state index contributed by atoms with van der Waals surface area (Å²) in [5, 5.41) is 1.19. The molecule has 0 aliphatic heterocycles. The summed E-state index contributed by atoms with van der Waals surface area (Å²) in [5.74, 6) is 0.0369. The van der Waals surface area contributed by atoms with E-state index in [-0.39, 0.29) is 11.9 Å². The van der Waals surface area contributed by atoms with Crippen LogP contribution in [0.25, 0.3) is 10.9 Å². The fourth-order valence-corrected chi connectivity index (χ4v) is 2.89. The number of nitrogens with zero attached hydrogens (tertiary/aromatic N) is 1. The number of aromatic amines is 1. The number of carbonyl (C=O) groups is 1. The normalized spacial score (nSPS) is 13.3. The van der Waals surface area contributed by atoms with Gasteiger partial charge in [0, 0.05) is 43.2 Å². The number of para-hydroxylation sites is 1. The van der Waals surface area contributed by atoms with Crippen LogP contribution in [0.5, 0.6) is 0 Å². The number of rotatable bonds is 8. The summed E-state index contributed by atoms with van der Waals surface area (Å²) in [4.78, 5) is 17.0. The smallest absolute Gasteiger partial charge is 0.219 e. The van der Waals surface area contributed by atoms with Gasteiger partial charge in [0.25, 0.3) is 0 Å². The second-order valence-corrected chi connectivity index (χ2v) is 6.36. The van der Waals surface area contributed by atoms with Gasteiger partial charge in [0.1, 0.15) is 0 Å². The van der Waals surface area contributed by atoms with E-state index in [1.807, 2.05) is 43.5 Å². The Morgan fingerprint density at radius 2 is 2.08 bits per heavy atom. The summed E-state index contributed by atoms with van der Waals surface area (Å²) in [6.45, 7) is 8.36. The monoisotopic (exact) mass is 337 g/mol. The first-order valence-corrected chi connectivity index (χ1v) is 8.52. The Bertz CT molecular complexity index is 785. The van der Waals surface area contributed by atoms with Crippen LogP contribution < -0.4 is 5.73 Å². The molecule has 1 aromatic carbocycles. The lowest BCUT2D eigenvalue weighted by Crippen LogP contribution is -2.42. The molecule has 0 saturated carbocycles. The molecule has 3 N–H and O–H groups in total. The van der Waals surface area contributed by atoms with Crippen molar-refractivity contribution in [2.24, 2.45) is 5.73 Å². The molecule has 0 aliphatic carbocycles. The minimum atomic E-state index is -0.111. The van der Waals surface area contributed by atoms with Crippen molar-refractivity contribution >= 4 is 16.8 Å². The Morgan fingerprint density at radius 1 is 1.32 bits per heavy atom. The van der Waals surface area contributed by atoms with Crippen LogP contribution in [-0.2, 0) is 11.2 Å². The predicted octanol–water partition coefficient (Wildman–Crippen LogP) is 3.57. The molecule has 0 fully saturated rings. The first-order valence-electron chi connectivity index (χ1n) is 8.52. The maximum atomic E-state index is 12.0. The molecule has 2 rings (SSSR count). The molecule has 0 spiro atoms. The molecule has 1 amide bonds. The van der Waals surface area contributed by atoms with Gasteiger partial charge in [-0.05, 0) is 25.0 Å². The maximum absolute atomic E-state index is 12.0. The van der Waals surface area contributed by atoms with Gasteiger partial charge in [-0.2, -0.15) is 0 Å². The summed E-state index contributed by atoms with van der Waals surface area (Å²) < 4.78 is 0. The van der Waals surface area contributed by atoms with Crippen LogP contribution in [0.15, 0.2) is 66.9 Å². The summed E-state index contributed by atoms with van der Waals surface area (Å²) in [7, 11) is 0. The molecule has 1 atom stereocenters. The van der Waals surface area contributed by atoms with Gasteiger partial charge in [-0.15, -0.1) is 0 Å². The second-order valence-electron chi connectivity index (χ2n) is 6.36. The van der Waals surface area contributed by atoms with Crippen LogP contribution in [0.1, 0.15) is 19.4 Å². The Labute approximate surface area is 149 Å². The molecule has 0 saturated heterocycles. The summed E-state index contributed by atoms with van der Waals surface area (Å²) in [6.07, 6.45) is 10.2. The largest absolute Gasteiger partial charge is 0.361 e. The Kier molecular flexibility index (Phi) is 6.78. The minimum Gasteiger partial charge on any atom is -0.361 e. The minimum absolute atomic E-state index is 0.0369. The highest BCUT2D eigenvalue weighted by molar-refractivity contribution is 5.83. The zero-order valence-electron chi connectivity index (χ0n) is 15.0. The van der Waals surface area contributed by atoms with E-state index in [4.69, 9.17) is 5.73 Å². The van der Waals surface area contributed by atoms with E-state index >= 15 is 0 Å². The third kappa shape index (κ3) is 5.47. The van der Waals surface area contributed by atoms with Crippen molar-refractivity contribution in [1.82, 2.24) is 9.88 Å². The number of carbonyl (C=O) groups excluding carboxylic acids is 1. The number of hydrogen-bond donors (Lipinski definition) is 2. The van der Waals surface area contributed by atoms with Gasteiger partial charge in [0.2, 0.25) is 5.91 Å². The van der Waals surface area contributed by atoms with Gasteiger partial charge in [-0.25, -0.2) is 0 Å². The first kappa shape index (κ1) is 18.7. The lowest BCUT2D eigenvalue weighted by Gasteiger charge is -2.25. The quantitative estimate of drug-likeness (QED) is 0.723. The van der Waals surface area contributed by atoms with E-state index in [1.54, 1.807) is 17.9 Å². The van der Waals surface area contributed by atoms with Crippen LogP contribution >= 0.6 is 0 Å². The summed E-state index contributed by atoms with van der Waals surface area (Å²) in [5.41, 5.74) is 9.74. The van der Waals surface area contributed by atoms with Crippen molar-refractivity contribution in [3.05, 3.63) is 72.5 Å². The van der Waals surface area contributed by atoms with E-state index in [1.165, 1.54) is 10.9 Å². The van der Waals surface area contributed by atoms with Crippen LogP contribution in [0, 0.1) is 0 Å². The fourth-order valence-electron chi connectivity index (χ4n) is 2.89. The topological polar surface area (TPSA) is 62.1 Å². The van der Waals surface area contributed by atoms with Crippen LogP contribution in [-0.4, -0.2) is 34.9 Å². The molecule has 1 heterocycles. The third-order valence-corrected chi connectivity index (χ3v) is 4.13. The van der Waals surface area contributed by atoms with Crippen molar-refractivity contribution in [1.29, 1.82) is 0 Å². The lowest BCUT2D eigenvalue weighted by molar-refractivity contribution is -0.128. The van der Waals surface area contributed by atoms with Gasteiger partial charge in [-0.3, -0.25) is 4.79 Å². The fraction of sp³-hybridized carbons (Fsp3) is 0.286. The van der Waals surface area contributed by atoms with Gasteiger partial charge in [0.15, 0.2) is 0 Å². The average molecular weight is 337 g/mol.